The first-order valence-corrected chi connectivity index (χ1v) is 8.09. The number of hydrogen-bond acceptors (Lipinski definition) is 5. The number of aromatic nitrogens is 2. The molecule has 0 radical (unpaired) electrons. The van der Waals surface area contributed by atoms with Gasteiger partial charge in [0.05, 0.1) is 17.6 Å². The highest BCUT2D eigenvalue weighted by Gasteiger charge is 2.16. The molecule has 0 amide bonds. The van der Waals surface area contributed by atoms with E-state index in [1.54, 1.807) is 43.6 Å². The van der Waals surface area contributed by atoms with Crippen LogP contribution in [-0.2, 0) is 10.0 Å². The van der Waals surface area contributed by atoms with Gasteiger partial charge in [-0.15, -0.1) is 0 Å². The summed E-state index contributed by atoms with van der Waals surface area (Å²) in [6.07, 6.45) is 3.22. The Hall–Kier alpha value is -2.06. The number of nitrogen functional groups attached to an aromatic ring is 1. The summed E-state index contributed by atoms with van der Waals surface area (Å²) in [6, 6.07) is 6.61. The molecular weight excluding hydrogens is 292 g/mol. The highest BCUT2D eigenvalue weighted by molar-refractivity contribution is 7.89. The predicted octanol–water partition coefficient (Wildman–Crippen LogP) is 1.05. The second kappa shape index (κ2) is 6.59. The minimum atomic E-state index is -3.45. The number of hydrogen-bond donors (Lipinski definition) is 3. The quantitative estimate of drug-likeness (QED) is 0.662. The van der Waals surface area contributed by atoms with Gasteiger partial charge >= 0.3 is 0 Å². The monoisotopic (exact) mass is 310 g/mol. The third-order valence-electron chi connectivity index (χ3n) is 2.90. The number of rotatable bonds is 7. The first-order valence-electron chi connectivity index (χ1n) is 6.44. The molecular formula is C13H18N4O3S. The Labute approximate surface area is 123 Å². The molecule has 0 spiro atoms. The first-order chi connectivity index (χ1) is 9.98. The molecule has 114 valence electrons. The number of benzene rings is 1. The van der Waals surface area contributed by atoms with E-state index in [0.29, 0.717) is 11.4 Å². The van der Waals surface area contributed by atoms with Crippen molar-refractivity contribution >= 4 is 15.7 Å². The number of anilines is 1. The number of nitrogens with zero attached hydrogens (tertiary/aromatic N) is 1. The summed E-state index contributed by atoms with van der Waals surface area (Å²) in [5, 5.41) is 6.43. The molecule has 2 rings (SSSR count). The van der Waals surface area contributed by atoms with Crippen LogP contribution in [0.15, 0.2) is 36.7 Å². The van der Waals surface area contributed by atoms with Gasteiger partial charge in [-0.25, -0.2) is 13.1 Å². The first kappa shape index (κ1) is 15.3. The molecule has 0 saturated heterocycles. The average molecular weight is 310 g/mol. The zero-order valence-corrected chi connectivity index (χ0v) is 12.4. The summed E-state index contributed by atoms with van der Waals surface area (Å²) in [7, 11) is -3.45. The van der Waals surface area contributed by atoms with Crippen molar-refractivity contribution in [3.63, 3.8) is 0 Å². The van der Waals surface area contributed by atoms with E-state index in [4.69, 9.17) is 10.5 Å². The molecule has 1 aromatic heterocycles. The van der Waals surface area contributed by atoms with Crippen molar-refractivity contribution < 1.29 is 13.2 Å². The van der Waals surface area contributed by atoms with E-state index in [1.165, 1.54) is 0 Å². The van der Waals surface area contributed by atoms with Gasteiger partial charge in [-0.2, -0.15) is 5.10 Å². The molecule has 0 aliphatic carbocycles. The molecule has 2 aromatic rings. The minimum Gasteiger partial charge on any atom is -0.490 e. The third-order valence-corrected chi connectivity index (χ3v) is 4.32. The zero-order valence-electron chi connectivity index (χ0n) is 11.6. The van der Waals surface area contributed by atoms with Crippen LogP contribution in [0.25, 0.3) is 0 Å². The summed E-state index contributed by atoms with van der Waals surface area (Å²) in [5.74, 6) is 0.333. The van der Waals surface area contributed by atoms with Crippen LogP contribution in [0.4, 0.5) is 5.69 Å². The molecule has 7 nitrogen and oxygen atoms in total. The molecule has 0 bridgehead atoms. The van der Waals surface area contributed by atoms with E-state index in [0.717, 1.165) is 5.56 Å². The van der Waals surface area contributed by atoms with Crippen LogP contribution in [0.2, 0.25) is 0 Å². The zero-order chi connectivity index (χ0) is 15.3. The Morgan fingerprint density at radius 1 is 1.43 bits per heavy atom. The predicted molar refractivity (Wildman–Crippen MR) is 80.3 cm³/mol. The Balaban J connectivity index is 1.86. The lowest BCUT2D eigenvalue weighted by molar-refractivity contribution is 0.342. The molecule has 1 atom stereocenters. The normalized spacial score (nSPS) is 13.0. The van der Waals surface area contributed by atoms with E-state index >= 15 is 0 Å². The minimum absolute atomic E-state index is 0.0294. The van der Waals surface area contributed by atoms with E-state index in [9.17, 15) is 8.42 Å². The van der Waals surface area contributed by atoms with Gasteiger partial charge in [-0.1, -0.05) is 12.1 Å². The topological polar surface area (TPSA) is 110 Å². The lowest BCUT2D eigenvalue weighted by Crippen LogP contribution is -2.31. The number of H-pyrrole nitrogens is 1. The number of nitrogens with two attached hydrogens (primary N) is 1. The van der Waals surface area contributed by atoms with Crippen LogP contribution in [0.1, 0.15) is 18.5 Å². The molecule has 0 aliphatic heterocycles. The van der Waals surface area contributed by atoms with Crippen LogP contribution in [0, 0.1) is 0 Å². The van der Waals surface area contributed by atoms with Gasteiger partial charge < -0.3 is 10.5 Å². The maximum Gasteiger partial charge on any atom is 0.215 e. The van der Waals surface area contributed by atoms with E-state index < -0.39 is 10.0 Å². The molecule has 1 aromatic carbocycles. The van der Waals surface area contributed by atoms with Crippen molar-refractivity contribution in [2.45, 2.75) is 13.0 Å². The lowest BCUT2D eigenvalue weighted by Gasteiger charge is -2.13. The Bertz CT molecular complexity index is 670. The third kappa shape index (κ3) is 4.47. The van der Waals surface area contributed by atoms with Crippen LogP contribution in [-0.4, -0.2) is 31.0 Å². The number of aromatic amines is 1. The SMILES string of the molecule is CC(NS(=O)(=O)CCOc1ccccc1N)c1cn[nH]c1. The van der Waals surface area contributed by atoms with E-state index in [1.807, 2.05) is 0 Å². The summed E-state index contributed by atoms with van der Waals surface area (Å²) in [4.78, 5) is 0. The highest BCUT2D eigenvalue weighted by Crippen LogP contribution is 2.19. The van der Waals surface area contributed by atoms with Crippen molar-refractivity contribution in [2.75, 3.05) is 18.1 Å². The summed E-state index contributed by atoms with van der Waals surface area (Å²) in [6.45, 7) is 1.78. The molecule has 0 fully saturated rings. The fraction of sp³-hybridized carbons (Fsp3) is 0.308. The van der Waals surface area contributed by atoms with Crippen LogP contribution < -0.4 is 15.2 Å². The molecule has 4 N–H and O–H groups in total. The molecule has 1 unspecified atom stereocenters. The van der Waals surface area contributed by atoms with Gasteiger partial charge in [0.2, 0.25) is 10.0 Å². The smallest absolute Gasteiger partial charge is 0.215 e. The largest absolute Gasteiger partial charge is 0.490 e. The summed E-state index contributed by atoms with van der Waals surface area (Å²) >= 11 is 0. The van der Waals surface area contributed by atoms with Crippen molar-refractivity contribution in [1.82, 2.24) is 14.9 Å². The van der Waals surface area contributed by atoms with Crippen LogP contribution in [0.3, 0.4) is 0 Å². The highest BCUT2D eigenvalue weighted by atomic mass is 32.2. The Morgan fingerprint density at radius 2 is 2.19 bits per heavy atom. The molecule has 0 saturated carbocycles. The van der Waals surface area contributed by atoms with Gasteiger partial charge in [-0.05, 0) is 19.1 Å². The van der Waals surface area contributed by atoms with Crippen molar-refractivity contribution in [3.05, 3.63) is 42.2 Å². The van der Waals surface area contributed by atoms with Gasteiger partial charge in [-0.3, -0.25) is 5.10 Å². The molecule has 8 heteroatoms. The maximum absolute atomic E-state index is 12.0. The number of nitrogens with one attached hydrogen (secondary N) is 2. The fourth-order valence-corrected chi connectivity index (χ4v) is 2.86. The van der Waals surface area contributed by atoms with Gasteiger partial charge in [0, 0.05) is 17.8 Å². The maximum atomic E-state index is 12.0. The molecule has 1 heterocycles. The molecule has 0 aliphatic rings. The van der Waals surface area contributed by atoms with Gasteiger partial charge in [0.25, 0.3) is 0 Å². The Morgan fingerprint density at radius 3 is 2.86 bits per heavy atom. The van der Waals surface area contributed by atoms with E-state index in [2.05, 4.69) is 14.9 Å². The number of ether oxygens (including phenoxy) is 1. The fourth-order valence-electron chi connectivity index (χ4n) is 1.77. The van der Waals surface area contributed by atoms with Crippen LogP contribution >= 0.6 is 0 Å². The van der Waals surface area contributed by atoms with Gasteiger partial charge in [0.15, 0.2) is 0 Å². The molecule has 21 heavy (non-hydrogen) atoms. The Kier molecular flexibility index (Phi) is 4.81. The lowest BCUT2D eigenvalue weighted by atomic mass is 10.2. The van der Waals surface area contributed by atoms with Crippen molar-refractivity contribution in [2.24, 2.45) is 0 Å². The number of para-hydroxylation sites is 2. The average Bonchev–Trinajstić information content (AvgIpc) is 2.94. The van der Waals surface area contributed by atoms with Crippen molar-refractivity contribution in [3.8, 4) is 5.75 Å². The van der Waals surface area contributed by atoms with Crippen molar-refractivity contribution in [1.29, 1.82) is 0 Å². The second-order valence-corrected chi connectivity index (χ2v) is 6.45. The van der Waals surface area contributed by atoms with E-state index in [-0.39, 0.29) is 18.4 Å². The number of sulfonamides is 1. The van der Waals surface area contributed by atoms with Crippen LogP contribution in [0.5, 0.6) is 5.75 Å². The summed E-state index contributed by atoms with van der Waals surface area (Å²) < 4.78 is 31.9. The second-order valence-electron chi connectivity index (χ2n) is 4.58. The standard InChI is InChI=1S/C13H18N4O3S/c1-10(11-8-15-16-9-11)17-21(18,19)7-6-20-13-5-3-2-4-12(13)14/h2-5,8-10,17H,6-7,14H2,1H3,(H,15,16). The van der Waals surface area contributed by atoms with Gasteiger partial charge in [0.1, 0.15) is 12.4 Å². The summed E-state index contributed by atoms with van der Waals surface area (Å²) in [5.41, 5.74) is 6.97.